The number of phenolic OH excluding ortho intramolecular Hbond substituents is 1. The van der Waals surface area contributed by atoms with E-state index in [1.807, 2.05) is 0 Å². The first-order chi connectivity index (χ1) is 13.8. The van der Waals surface area contributed by atoms with E-state index < -0.39 is 17.7 Å². The molecule has 0 aliphatic carbocycles. The maximum atomic E-state index is 12.6. The summed E-state index contributed by atoms with van der Waals surface area (Å²) in [6.07, 6.45) is 1.40. The zero-order chi connectivity index (χ0) is 21.4. The van der Waals surface area contributed by atoms with Crippen LogP contribution < -0.4 is 20.2 Å². The van der Waals surface area contributed by atoms with Crippen molar-refractivity contribution in [2.45, 2.75) is 13.8 Å². The van der Waals surface area contributed by atoms with Crippen molar-refractivity contribution in [3.8, 4) is 17.2 Å². The molecule has 0 radical (unpaired) electrons. The van der Waals surface area contributed by atoms with E-state index in [-0.39, 0.29) is 11.7 Å². The summed E-state index contributed by atoms with van der Waals surface area (Å²) in [6.45, 7) is 3.57. The third kappa shape index (κ3) is 5.97. The third-order valence-corrected chi connectivity index (χ3v) is 4.18. The Morgan fingerprint density at radius 1 is 1.03 bits per heavy atom. The molecule has 0 fully saturated rings. The van der Waals surface area contributed by atoms with E-state index >= 15 is 0 Å². The highest BCUT2D eigenvalue weighted by Crippen LogP contribution is 2.25. The Hall–Kier alpha value is -3.55. The van der Waals surface area contributed by atoms with E-state index in [0.29, 0.717) is 22.7 Å². The van der Waals surface area contributed by atoms with E-state index in [0.717, 1.165) is 0 Å². The average Bonchev–Trinajstić information content (AvgIpc) is 2.69. The molecule has 2 amide bonds. The second-order valence-corrected chi connectivity index (χ2v) is 6.60. The predicted octanol–water partition coefficient (Wildman–Crippen LogP) is 2.77. The number of ether oxygens (including phenoxy) is 2. The van der Waals surface area contributed by atoms with Gasteiger partial charge in [-0.15, -0.1) is 0 Å². The molecule has 2 aromatic carbocycles. The van der Waals surface area contributed by atoms with Gasteiger partial charge in [-0.2, -0.15) is 5.10 Å². The Morgan fingerprint density at radius 2 is 1.72 bits per heavy atom. The maximum absolute atomic E-state index is 12.6. The van der Waals surface area contributed by atoms with Crippen molar-refractivity contribution >= 4 is 23.7 Å². The molecule has 2 rings (SSSR count). The summed E-state index contributed by atoms with van der Waals surface area (Å²) in [4.78, 5) is 25.1. The number of rotatable bonds is 8. The van der Waals surface area contributed by atoms with Gasteiger partial charge in [0, 0.05) is 5.69 Å². The number of amides is 2. The topological polar surface area (TPSA) is 109 Å². The van der Waals surface area contributed by atoms with Crippen molar-refractivity contribution in [2.75, 3.05) is 19.5 Å². The highest BCUT2D eigenvalue weighted by molar-refractivity contribution is 6.06. The molecule has 29 heavy (non-hydrogen) atoms. The van der Waals surface area contributed by atoms with Gasteiger partial charge in [-0.3, -0.25) is 9.59 Å². The summed E-state index contributed by atoms with van der Waals surface area (Å²) in [6, 6.07) is 11.5. The van der Waals surface area contributed by atoms with Crippen molar-refractivity contribution in [1.82, 2.24) is 5.43 Å². The minimum absolute atomic E-state index is 0.00348. The molecule has 8 nitrogen and oxygen atoms in total. The van der Waals surface area contributed by atoms with E-state index in [2.05, 4.69) is 15.8 Å². The van der Waals surface area contributed by atoms with Crippen LogP contribution in [-0.4, -0.2) is 37.4 Å². The summed E-state index contributed by atoms with van der Waals surface area (Å²) in [7, 11) is 2.99. The normalized spacial score (nSPS) is 11.9. The van der Waals surface area contributed by atoms with Crippen LogP contribution in [0, 0.1) is 11.8 Å². The highest BCUT2D eigenvalue weighted by Gasteiger charge is 2.29. The van der Waals surface area contributed by atoms with Gasteiger partial charge in [0.15, 0.2) is 11.5 Å². The monoisotopic (exact) mass is 399 g/mol. The molecule has 1 unspecified atom stereocenters. The number of benzene rings is 2. The van der Waals surface area contributed by atoms with Gasteiger partial charge in [0.1, 0.15) is 11.7 Å². The lowest BCUT2D eigenvalue weighted by Gasteiger charge is -2.18. The Labute approximate surface area is 169 Å². The van der Waals surface area contributed by atoms with Crippen LogP contribution in [0.25, 0.3) is 0 Å². The average molecular weight is 399 g/mol. The number of nitrogens with zero attached hydrogens (tertiary/aromatic N) is 1. The molecule has 8 heteroatoms. The lowest BCUT2D eigenvalue weighted by molar-refractivity contribution is -0.134. The van der Waals surface area contributed by atoms with Crippen molar-refractivity contribution in [3.63, 3.8) is 0 Å². The van der Waals surface area contributed by atoms with Crippen LogP contribution in [-0.2, 0) is 9.59 Å². The van der Waals surface area contributed by atoms with E-state index in [9.17, 15) is 14.7 Å². The molecule has 0 bridgehead atoms. The Bertz CT molecular complexity index is 878. The first kappa shape index (κ1) is 21.7. The number of phenols is 1. The fourth-order valence-corrected chi connectivity index (χ4v) is 2.63. The molecule has 2 aromatic rings. The minimum atomic E-state index is -0.927. The Balaban J connectivity index is 2.03. The number of nitrogens with one attached hydrogen (secondary N) is 2. The quantitative estimate of drug-likeness (QED) is 0.359. The van der Waals surface area contributed by atoms with Gasteiger partial charge < -0.3 is 19.9 Å². The molecule has 3 N–H and O–H groups in total. The molecular weight excluding hydrogens is 374 g/mol. The number of anilines is 1. The predicted molar refractivity (Wildman–Crippen MR) is 110 cm³/mol. The van der Waals surface area contributed by atoms with Gasteiger partial charge >= 0.3 is 0 Å². The second kappa shape index (κ2) is 10.1. The molecule has 154 valence electrons. The molecule has 0 aliphatic rings. The van der Waals surface area contributed by atoms with E-state index in [1.165, 1.54) is 19.4 Å². The number of carbonyl (C=O) groups is 2. The summed E-state index contributed by atoms with van der Waals surface area (Å²) in [5.41, 5.74) is 3.57. The van der Waals surface area contributed by atoms with Crippen LogP contribution in [0.2, 0.25) is 0 Å². The summed E-state index contributed by atoms with van der Waals surface area (Å²) < 4.78 is 10.1. The van der Waals surface area contributed by atoms with E-state index in [4.69, 9.17) is 9.47 Å². The first-order valence-electron chi connectivity index (χ1n) is 9.00. The number of carbonyl (C=O) groups excluding carboxylic acids is 2. The molecule has 0 aliphatic heterocycles. The van der Waals surface area contributed by atoms with Gasteiger partial charge in [-0.1, -0.05) is 13.8 Å². The summed E-state index contributed by atoms with van der Waals surface area (Å²) in [5.74, 6) is -1.15. The smallest absolute Gasteiger partial charge is 0.252 e. The SMILES string of the molecule is COc1ccc(NC(=O)C(C(=O)N/N=C/c2ccc(O)c(OC)c2)C(C)C)cc1. The Morgan fingerprint density at radius 3 is 2.31 bits per heavy atom. The zero-order valence-electron chi connectivity index (χ0n) is 16.8. The third-order valence-electron chi connectivity index (χ3n) is 4.18. The van der Waals surface area contributed by atoms with Crippen LogP contribution in [0.3, 0.4) is 0 Å². The highest BCUT2D eigenvalue weighted by atomic mass is 16.5. The van der Waals surface area contributed by atoms with Crippen molar-refractivity contribution in [3.05, 3.63) is 48.0 Å². The minimum Gasteiger partial charge on any atom is -0.504 e. The first-order valence-corrected chi connectivity index (χ1v) is 9.00. The fraction of sp³-hybridized carbons (Fsp3) is 0.286. The molecule has 0 saturated heterocycles. The van der Waals surface area contributed by atoms with Crippen molar-refractivity contribution < 1.29 is 24.2 Å². The molecular formula is C21H25N3O5. The van der Waals surface area contributed by atoms with Crippen molar-refractivity contribution in [2.24, 2.45) is 16.9 Å². The lowest BCUT2D eigenvalue weighted by atomic mass is 9.94. The van der Waals surface area contributed by atoms with Crippen LogP contribution in [0.1, 0.15) is 19.4 Å². The van der Waals surface area contributed by atoms with E-state index in [1.54, 1.807) is 57.4 Å². The van der Waals surface area contributed by atoms with Crippen LogP contribution >= 0.6 is 0 Å². The van der Waals surface area contributed by atoms with Gasteiger partial charge in [0.25, 0.3) is 5.91 Å². The molecule has 0 saturated carbocycles. The number of hydrazone groups is 1. The molecule has 1 atom stereocenters. The standard InChI is InChI=1S/C21H25N3O5/c1-13(2)19(20(26)23-15-6-8-16(28-3)9-7-15)21(27)24-22-12-14-5-10-17(25)18(11-14)29-4/h5-13,19,25H,1-4H3,(H,23,26)(H,24,27)/b22-12+. The molecule has 0 heterocycles. The number of hydrogen-bond donors (Lipinski definition) is 3. The van der Waals surface area contributed by atoms with Crippen LogP contribution in [0.5, 0.6) is 17.2 Å². The fourth-order valence-electron chi connectivity index (χ4n) is 2.63. The van der Waals surface area contributed by atoms with Gasteiger partial charge in [0.05, 0.1) is 20.4 Å². The van der Waals surface area contributed by atoms with Crippen LogP contribution in [0.15, 0.2) is 47.6 Å². The van der Waals surface area contributed by atoms with Crippen LogP contribution in [0.4, 0.5) is 5.69 Å². The lowest BCUT2D eigenvalue weighted by Crippen LogP contribution is -2.39. The van der Waals surface area contributed by atoms with Gasteiger partial charge in [-0.25, -0.2) is 5.43 Å². The zero-order valence-corrected chi connectivity index (χ0v) is 16.8. The van der Waals surface area contributed by atoms with Crippen molar-refractivity contribution in [1.29, 1.82) is 0 Å². The molecule has 0 aromatic heterocycles. The molecule has 0 spiro atoms. The summed E-state index contributed by atoms with van der Waals surface area (Å²) in [5, 5.41) is 16.2. The number of hydrogen-bond acceptors (Lipinski definition) is 6. The number of methoxy groups -OCH3 is 2. The largest absolute Gasteiger partial charge is 0.504 e. The number of aromatic hydroxyl groups is 1. The summed E-state index contributed by atoms with van der Waals surface area (Å²) >= 11 is 0. The van der Waals surface area contributed by atoms with Gasteiger partial charge in [-0.05, 0) is 53.9 Å². The maximum Gasteiger partial charge on any atom is 0.252 e. The van der Waals surface area contributed by atoms with Gasteiger partial charge in [0.2, 0.25) is 5.91 Å². The Kier molecular flexibility index (Phi) is 7.59. The second-order valence-electron chi connectivity index (χ2n) is 6.60.